The van der Waals surface area contributed by atoms with Gasteiger partial charge in [-0.25, -0.2) is 9.97 Å². The van der Waals surface area contributed by atoms with Crippen LogP contribution in [-0.4, -0.2) is 17.0 Å². The van der Waals surface area contributed by atoms with Crippen molar-refractivity contribution in [2.24, 2.45) is 0 Å². The molecule has 1 rings (SSSR count). The third-order valence-corrected chi connectivity index (χ3v) is 1.32. The Bertz CT molecular complexity index is 300. The molecule has 1 N–H and O–H groups in total. The number of hydrogen-bond acceptors (Lipinski definition) is 4. The molecule has 1 heterocycles. The summed E-state index contributed by atoms with van der Waals surface area (Å²) in [5, 5.41) is 11.3. The summed E-state index contributed by atoms with van der Waals surface area (Å²) in [7, 11) is 1.74. The Kier molecular flexibility index (Phi) is 2.02. The lowest BCUT2D eigenvalue weighted by Crippen LogP contribution is -1.98. The van der Waals surface area contributed by atoms with Gasteiger partial charge in [0.15, 0.2) is 0 Å². The van der Waals surface area contributed by atoms with Crippen LogP contribution in [0.3, 0.4) is 0 Å². The summed E-state index contributed by atoms with van der Waals surface area (Å²) >= 11 is 0. The topological polar surface area (TPSA) is 61.6 Å². The van der Waals surface area contributed by atoms with E-state index in [-0.39, 0.29) is 0 Å². The lowest BCUT2D eigenvalue weighted by atomic mass is 10.3. The summed E-state index contributed by atoms with van der Waals surface area (Å²) in [5.74, 6) is 0.543. The minimum absolute atomic E-state index is 0.518. The number of nitriles is 1. The summed E-state index contributed by atoms with van der Waals surface area (Å²) in [6.07, 6.45) is 1.51. The number of rotatable bonds is 1. The molecule has 0 saturated heterocycles. The molecule has 0 spiro atoms. The lowest BCUT2D eigenvalue weighted by molar-refractivity contribution is 1.08. The molecule has 0 saturated carbocycles. The standard InChI is InChI=1S/C7H8N4/c1-5-6(3-8)4-10-7(9-2)11-5/h4H,1-2H3,(H,9,10,11). The van der Waals surface area contributed by atoms with Crippen LogP contribution >= 0.6 is 0 Å². The predicted octanol–water partition coefficient (Wildman–Crippen LogP) is 0.698. The fourth-order valence-electron chi connectivity index (χ4n) is 0.697. The van der Waals surface area contributed by atoms with Gasteiger partial charge in [0.25, 0.3) is 0 Å². The van der Waals surface area contributed by atoms with Crippen molar-refractivity contribution >= 4 is 5.95 Å². The van der Waals surface area contributed by atoms with Crippen molar-refractivity contribution < 1.29 is 0 Å². The van der Waals surface area contributed by atoms with E-state index in [2.05, 4.69) is 15.3 Å². The van der Waals surface area contributed by atoms with Crippen molar-refractivity contribution in [3.8, 4) is 6.07 Å². The molecule has 56 valence electrons. The van der Waals surface area contributed by atoms with Gasteiger partial charge in [0.1, 0.15) is 6.07 Å². The van der Waals surface area contributed by atoms with Crippen molar-refractivity contribution in [2.75, 3.05) is 12.4 Å². The fourth-order valence-corrected chi connectivity index (χ4v) is 0.697. The first kappa shape index (κ1) is 7.48. The Labute approximate surface area is 64.9 Å². The van der Waals surface area contributed by atoms with E-state index in [1.54, 1.807) is 14.0 Å². The van der Waals surface area contributed by atoms with Crippen LogP contribution in [0.4, 0.5) is 5.95 Å². The smallest absolute Gasteiger partial charge is 0.222 e. The molecule has 1 aromatic rings. The maximum absolute atomic E-state index is 8.53. The molecule has 4 heteroatoms. The highest BCUT2D eigenvalue weighted by Gasteiger charge is 1.99. The minimum Gasteiger partial charge on any atom is -0.357 e. The van der Waals surface area contributed by atoms with E-state index in [0.717, 1.165) is 0 Å². The Balaban J connectivity index is 3.12. The zero-order valence-corrected chi connectivity index (χ0v) is 6.42. The number of aryl methyl sites for hydroxylation is 1. The molecule has 0 bridgehead atoms. The minimum atomic E-state index is 0.518. The molecule has 0 atom stereocenters. The van der Waals surface area contributed by atoms with Crippen LogP contribution in [-0.2, 0) is 0 Å². The van der Waals surface area contributed by atoms with Crippen LogP contribution in [0.15, 0.2) is 6.20 Å². The van der Waals surface area contributed by atoms with Crippen LogP contribution < -0.4 is 5.32 Å². The molecule has 0 aliphatic heterocycles. The van der Waals surface area contributed by atoms with E-state index in [4.69, 9.17) is 5.26 Å². The molecule has 0 aromatic carbocycles. The van der Waals surface area contributed by atoms with E-state index < -0.39 is 0 Å². The van der Waals surface area contributed by atoms with Gasteiger partial charge < -0.3 is 5.32 Å². The van der Waals surface area contributed by atoms with Crippen molar-refractivity contribution in [3.05, 3.63) is 17.5 Å². The Morgan fingerprint density at radius 1 is 1.64 bits per heavy atom. The summed E-state index contributed by atoms with van der Waals surface area (Å²) in [6.45, 7) is 1.78. The van der Waals surface area contributed by atoms with Crippen LogP contribution in [0.25, 0.3) is 0 Å². The maximum Gasteiger partial charge on any atom is 0.222 e. The van der Waals surface area contributed by atoms with Gasteiger partial charge in [0, 0.05) is 7.05 Å². The third-order valence-electron chi connectivity index (χ3n) is 1.32. The van der Waals surface area contributed by atoms with Crippen LogP contribution in [0.2, 0.25) is 0 Å². The van der Waals surface area contributed by atoms with Gasteiger partial charge in [-0.05, 0) is 6.92 Å². The largest absolute Gasteiger partial charge is 0.357 e. The fraction of sp³-hybridized carbons (Fsp3) is 0.286. The van der Waals surface area contributed by atoms with Crippen molar-refractivity contribution in [1.29, 1.82) is 5.26 Å². The molecule has 0 aliphatic carbocycles. The quantitative estimate of drug-likeness (QED) is 0.636. The van der Waals surface area contributed by atoms with Crippen LogP contribution in [0.1, 0.15) is 11.3 Å². The van der Waals surface area contributed by atoms with Gasteiger partial charge in [-0.2, -0.15) is 5.26 Å². The number of aromatic nitrogens is 2. The average Bonchev–Trinajstić information content (AvgIpc) is 2.04. The van der Waals surface area contributed by atoms with E-state index in [9.17, 15) is 0 Å². The van der Waals surface area contributed by atoms with Crippen molar-refractivity contribution in [1.82, 2.24) is 9.97 Å². The number of nitrogens with one attached hydrogen (secondary N) is 1. The van der Waals surface area contributed by atoms with Gasteiger partial charge >= 0.3 is 0 Å². The summed E-state index contributed by atoms with van der Waals surface area (Å²) in [4.78, 5) is 7.90. The first-order chi connectivity index (χ1) is 5.27. The second kappa shape index (κ2) is 2.97. The summed E-state index contributed by atoms with van der Waals surface area (Å²) in [5.41, 5.74) is 1.22. The second-order valence-corrected chi connectivity index (χ2v) is 2.05. The molecule has 1 aromatic heterocycles. The van der Waals surface area contributed by atoms with E-state index >= 15 is 0 Å². The van der Waals surface area contributed by atoms with E-state index in [1.165, 1.54) is 6.20 Å². The van der Waals surface area contributed by atoms with Gasteiger partial charge in [-0.1, -0.05) is 0 Å². The molecule has 4 nitrogen and oxygen atoms in total. The molecule has 0 fully saturated rings. The first-order valence-corrected chi connectivity index (χ1v) is 3.19. The Hall–Kier alpha value is -1.63. The van der Waals surface area contributed by atoms with Gasteiger partial charge in [-0.3, -0.25) is 0 Å². The number of nitrogens with zero attached hydrogens (tertiary/aromatic N) is 3. The Morgan fingerprint density at radius 2 is 2.36 bits per heavy atom. The molecule has 0 amide bonds. The molecule has 11 heavy (non-hydrogen) atoms. The van der Waals surface area contributed by atoms with Gasteiger partial charge in [0.2, 0.25) is 5.95 Å². The monoisotopic (exact) mass is 148 g/mol. The van der Waals surface area contributed by atoms with Crippen molar-refractivity contribution in [2.45, 2.75) is 6.92 Å². The predicted molar refractivity (Wildman–Crippen MR) is 41.0 cm³/mol. The van der Waals surface area contributed by atoms with E-state index in [0.29, 0.717) is 17.2 Å². The van der Waals surface area contributed by atoms with Gasteiger partial charge in [0.05, 0.1) is 17.5 Å². The van der Waals surface area contributed by atoms with E-state index in [1.807, 2.05) is 6.07 Å². The highest BCUT2D eigenvalue weighted by Crippen LogP contribution is 2.03. The molecular formula is C7H8N4. The molecule has 0 radical (unpaired) electrons. The summed E-state index contributed by atoms with van der Waals surface area (Å²) < 4.78 is 0. The summed E-state index contributed by atoms with van der Waals surface area (Å²) in [6, 6.07) is 1.99. The lowest BCUT2D eigenvalue weighted by Gasteiger charge is -1.98. The average molecular weight is 148 g/mol. The molecular weight excluding hydrogens is 140 g/mol. The van der Waals surface area contributed by atoms with Crippen LogP contribution in [0, 0.1) is 18.3 Å². The molecule has 0 unspecified atom stereocenters. The normalized spacial score (nSPS) is 8.82. The van der Waals surface area contributed by atoms with Crippen LogP contribution in [0.5, 0.6) is 0 Å². The zero-order chi connectivity index (χ0) is 8.27. The third kappa shape index (κ3) is 1.44. The van der Waals surface area contributed by atoms with Gasteiger partial charge in [-0.15, -0.1) is 0 Å². The highest BCUT2D eigenvalue weighted by molar-refractivity contribution is 5.35. The maximum atomic E-state index is 8.53. The zero-order valence-electron chi connectivity index (χ0n) is 6.42. The SMILES string of the molecule is CNc1ncc(C#N)c(C)n1. The second-order valence-electron chi connectivity index (χ2n) is 2.05. The number of hydrogen-bond donors (Lipinski definition) is 1. The van der Waals surface area contributed by atoms with Crippen molar-refractivity contribution in [3.63, 3.8) is 0 Å². The highest BCUT2D eigenvalue weighted by atomic mass is 15.1. The first-order valence-electron chi connectivity index (χ1n) is 3.19. The molecule has 0 aliphatic rings. The Morgan fingerprint density at radius 3 is 2.82 bits per heavy atom. The number of anilines is 1.